The molecule has 1 aromatic carbocycles. The van der Waals surface area contributed by atoms with Crippen LogP contribution in [0.1, 0.15) is 49.1 Å². The van der Waals surface area contributed by atoms with Gasteiger partial charge in [0.05, 0.1) is 12.3 Å². The monoisotopic (exact) mass is 385 g/mol. The van der Waals surface area contributed by atoms with Gasteiger partial charge in [0.1, 0.15) is 11.6 Å². The number of hydrogen-bond acceptors (Lipinski definition) is 3. The normalized spacial score (nSPS) is 19.3. The highest BCUT2D eigenvalue weighted by molar-refractivity contribution is 5.76. The van der Waals surface area contributed by atoms with E-state index in [0.29, 0.717) is 24.7 Å². The number of amides is 1. The van der Waals surface area contributed by atoms with E-state index in [1.807, 2.05) is 4.90 Å². The molecule has 1 N–H and O–H groups in total. The van der Waals surface area contributed by atoms with E-state index in [4.69, 9.17) is 4.74 Å². The number of hydrogen-bond donors (Lipinski definition) is 1. The maximum Gasteiger partial charge on any atom is 0.222 e. The molecule has 1 aliphatic carbocycles. The van der Waals surface area contributed by atoms with E-state index in [1.165, 1.54) is 36.2 Å². The number of carbonyl (C=O) groups excluding carboxylic acids is 1. The number of carbonyl (C=O) groups is 1. The van der Waals surface area contributed by atoms with Gasteiger partial charge < -0.3 is 9.64 Å². The largest absolute Gasteiger partial charge is 0.493 e. The summed E-state index contributed by atoms with van der Waals surface area (Å²) in [5.74, 6) is 0.938. The second-order valence-electron chi connectivity index (χ2n) is 7.95. The van der Waals surface area contributed by atoms with Crippen LogP contribution >= 0.6 is 0 Å². The van der Waals surface area contributed by atoms with Crippen LogP contribution in [0.5, 0.6) is 5.75 Å². The number of halogens is 1. The van der Waals surface area contributed by atoms with Crippen molar-refractivity contribution in [1.82, 2.24) is 15.1 Å². The van der Waals surface area contributed by atoms with Crippen molar-refractivity contribution in [3.05, 3.63) is 47.0 Å². The molecular weight excluding hydrogens is 357 g/mol. The van der Waals surface area contributed by atoms with E-state index < -0.39 is 0 Å². The Kier molecular flexibility index (Phi) is 5.93. The average Bonchev–Trinajstić information content (AvgIpc) is 3.15. The third-order valence-corrected chi connectivity index (χ3v) is 5.89. The maximum absolute atomic E-state index is 13.0. The van der Waals surface area contributed by atoms with Crippen LogP contribution in [0.4, 0.5) is 4.39 Å². The summed E-state index contributed by atoms with van der Waals surface area (Å²) >= 11 is 0. The Morgan fingerprint density at radius 2 is 2.04 bits per heavy atom. The van der Waals surface area contributed by atoms with Crippen LogP contribution in [-0.4, -0.2) is 40.7 Å². The van der Waals surface area contributed by atoms with Gasteiger partial charge in [0, 0.05) is 37.5 Å². The SMILES string of the molecule is O=C(CCc1n[nH]c2c1CCCC2)N1CCCC(COc2ccc(F)cc2)C1. The Labute approximate surface area is 165 Å². The summed E-state index contributed by atoms with van der Waals surface area (Å²) in [6, 6.07) is 6.09. The molecule has 1 amide bonds. The van der Waals surface area contributed by atoms with Crippen LogP contribution in [-0.2, 0) is 24.1 Å². The second kappa shape index (κ2) is 8.76. The third kappa shape index (κ3) is 4.54. The molecule has 1 aromatic heterocycles. The summed E-state index contributed by atoms with van der Waals surface area (Å²) < 4.78 is 18.8. The van der Waals surface area contributed by atoms with Gasteiger partial charge in [-0.15, -0.1) is 0 Å². The molecule has 1 unspecified atom stereocenters. The molecule has 2 heterocycles. The van der Waals surface area contributed by atoms with Crippen molar-refractivity contribution in [1.29, 1.82) is 0 Å². The predicted octanol–water partition coefficient (Wildman–Crippen LogP) is 3.68. The van der Waals surface area contributed by atoms with Gasteiger partial charge in [0.2, 0.25) is 5.91 Å². The minimum atomic E-state index is -0.264. The van der Waals surface area contributed by atoms with E-state index in [-0.39, 0.29) is 11.7 Å². The molecule has 6 heteroatoms. The van der Waals surface area contributed by atoms with Gasteiger partial charge in [-0.05, 0) is 68.4 Å². The summed E-state index contributed by atoms with van der Waals surface area (Å²) in [5, 5.41) is 7.61. The lowest BCUT2D eigenvalue weighted by Crippen LogP contribution is -2.41. The lowest BCUT2D eigenvalue weighted by molar-refractivity contribution is -0.133. The van der Waals surface area contributed by atoms with Crippen molar-refractivity contribution >= 4 is 5.91 Å². The lowest BCUT2D eigenvalue weighted by atomic mass is 9.94. The van der Waals surface area contributed by atoms with Crippen molar-refractivity contribution in [2.45, 2.75) is 51.4 Å². The maximum atomic E-state index is 13.0. The number of aromatic amines is 1. The number of fused-ring (bicyclic) bond motifs is 1. The first-order valence-electron chi connectivity index (χ1n) is 10.4. The molecule has 4 rings (SSSR count). The van der Waals surface area contributed by atoms with E-state index in [9.17, 15) is 9.18 Å². The summed E-state index contributed by atoms with van der Waals surface area (Å²) in [6.07, 6.45) is 7.90. The van der Waals surface area contributed by atoms with Crippen molar-refractivity contribution in [2.75, 3.05) is 19.7 Å². The van der Waals surface area contributed by atoms with E-state index >= 15 is 0 Å². The van der Waals surface area contributed by atoms with Crippen molar-refractivity contribution in [3.63, 3.8) is 0 Å². The Bertz CT molecular complexity index is 803. The topological polar surface area (TPSA) is 58.2 Å². The van der Waals surface area contributed by atoms with Crippen LogP contribution in [0.3, 0.4) is 0 Å². The molecule has 1 saturated heterocycles. The molecule has 0 spiro atoms. The third-order valence-electron chi connectivity index (χ3n) is 5.89. The highest BCUT2D eigenvalue weighted by Crippen LogP contribution is 2.24. The fraction of sp³-hybridized carbons (Fsp3) is 0.545. The molecule has 2 aromatic rings. The zero-order valence-corrected chi connectivity index (χ0v) is 16.3. The van der Waals surface area contributed by atoms with Gasteiger partial charge in [0.15, 0.2) is 0 Å². The molecule has 150 valence electrons. The number of likely N-dealkylation sites (tertiary alicyclic amines) is 1. The number of nitrogens with zero attached hydrogens (tertiary/aromatic N) is 2. The molecule has 5 nitrogen and oxygen atoms in total. The van der Waals surface area contributed by atoms with Crippen molar-refractivity contribution in [3.8, 4) is 5.75 Å². The fourth-order valence-corrected chi connectivity index (χ4v) is 4.31. The number of aryl methyl sites for hydroxylation is 2. The van der Waals surface area contributed by atoms with E-state index in [2.05, 4.69) is 10.2 Å². The van der Waals surface area contributed by atoms with Crippen LogP contribution in [0, 0.1) is 11.7 Å². The van der Waals surface area contributed by atoms with Gasteiger partial charge in [-0.3, -0.25) is 9.89 Å². The molecule has 1 aliphatic heterocycles. The molecule has 28 heavy (non-hydrogen) atoms. The quantitative estimate of drug-likeness (QED) is 0.825. The molecule has 1 atom stereocenters. The fourth-order valence-electron chi connectivity index (χ4n) is 4.31. The van der Waals surface area contributed by atoms with Gasteiger partial charge in [-0.2, -0.15) is 5.10 Å². The predicted molar refractivity (Wildman–Crippen MR) is 105 cm³/mol. The van der Waals surface area contributed by atoms with Gasteiger partial charge in [-0.1, -0.05) is 0 Å². The number of ether oxygens (including phenoxy) is 1. The van der Waals surface area contributed by atoms with Crippen LogP contribution < -0.4 is 4.74 Å². The summed E-state index contributed by atoms with van der Waals surface area (Å²) in [4.78, 5) is 14.7. The summed E-state index contributed by atoms with van der Waals surface area (Å²) in [7, 11) is 0. The molecule has 2 aliphatic rings. The zero-order valence-electron chi connectivity index (χ0n) is 16.3. The van der Waals surface area contributed by atoms with Gasteiger partial charge >= 0.3 is 0 Å². The first kappa shape index (κ1) is 19.0. The Morgan fingerprint density at radius 1 is 1.21 bits per heavy atom. The van der Waals surface area contributed by atoms with Crippen molar-refractivity contribution in [2.24, 2.45) is 5.92 Å². The lowest BCUT2D eigenvalue weighted by Gasteiger charge is -2.32. The van der Waals surface area contributed by atoms with E-state index in [1.54, 1.807) is 12.1 Å². The molecular formula is C22H28FN3O2. The average molecular weight is 385 g/mol. The molecule has 0 saturated carbocycles. The molecule has 0 bridgehead atoms. The van der Waals surface area contributed by atoms with Gasteiger partial charge in [-0.25, -0.2) is 4.39 Å². The van der Waals surface area contributed by atoms with Crippen LogP contribution in [0.15, 0.2) is 24.3 Å². The number of aromatic nitrogens is 2. The number of benzene rings is 1. The van der Waals surface area contributed by atoms with E-state index in [0.717, 1.165) is 50.9 Å². The second-order valence-corrected chi connectivity index (χ2v) is 7.95. The van der Waals surface area contributed by atoms with Crippen LogP contribution in [0.2, 0.25) is 0 Å². The Balaban J connectivity index is 1.26. The van der Waals surface area contributed by atoms with Gasteiger partial charge in [0.25, 0.3) is 0 Å². The summed E-state index contributed by atoms with van der Waals surface area (Å²) in [6.45, 7) is 2.12. The first-order valence-corrected chi connectivity index (χ1v) is 10.4. The highest BCUT2D eigenvalue weighted by atomic mass is 19.1. The first-order chi connectivity index (χ1) is 13.7. The minimum Gasteiger partial charge on any atom is -0.493 e. The minimum absolute atomic E-state index is 0.207. The number of rotatable bonds is 6. The number of nitrogens with one attached hydrogen (secondary N) is 1. The summed E-state index contributed by atoms with van der Waals surface area (Å²) in [5.41, 5.74) is 3.70. The highest BCUT2D eigenvalue weighted by Gasteiger charge is 2.25. The molecule has 1 fully saturated rings. The Hall–Kier alpha value is -2.37. The van der Waals surface area contributed by atoms with Crippen LogP contribution in [0.25, 0.3) is 0 Å². The smallest absolute Gasteiger partial charge is 0.222 e. The Morgan fingerprint density at radius 3 is 2.89 bits per heavy atom. The zero-order chi connectivity index (χ0) is 19.3. The molecule has 0 radical (unpaired) electrons. The standard InChI is InChI=1S/C22H28FN3O2/c23-17-7-9-18(10-8-17)28-15-16-4-3-13-26(14-16)22(27)12-11-21-19-5-1-2-6-20(19)24-25-21/h7-10,16H,1-6,11-15H2,(H,24,25). The number of H-pyrrole nitrogens is 1. The number of piperidine rings is 1. The van der Waals surface area contributed by atoms with Crippen molar-refractivity contribution < 1.29 is 13.9 Å².